The number of aliphatic carboxylic acids is 1. The highest BCUT2D eigenvalue weighted by Gasteiger charge is 2.34. The van der Waals surface area contributed by atoms with E-state index in [4.69, 9.17) is 14.2 Å². The predicted molar refractivity (Wildman–Crippen MR) is 82.1 cm³/mol. The number of ether oxygens (including phenoxy) is 3. The number of nitrogens with one attached hydrogen (secondary N) is 1. The van der Waals surface area contributed by atoms with Gasteiger partial charge >= 0.3 is 5.97 Å². The fraction of sp³-hybridized carbons (Fsp3) is 0.533. The van der Waals surface area contributed by atoms with Crippen LogP contribution in [0.1, 0.15) is 24.8 Å². The second kappa shape index (κ2) is 6.44. The van der Waals surface area contributed by atoms with Gasteiger partial charge in [-0.05, 0) is 30.5 Å². The Labute approximate surface area is 136 Å². The van der Waals surface area contributed by atoms with E-state index in [0.717, 1.165) is 21.5 Å². The highest BCUT2D eigenvalue weighted by molar-refractivity contribution is 9.10. The molecule has 1 saturated heterocycles. The molecule has 0 bridgehead atoms. The number of carboxylic acid groups (broad SMARTS) is 1. The largest absolute Gasteiger partial charge is 0.481 e. The fourth-order valence-corrected chi connectivity index (χ4v) is 3.31. The molecule has 1 aromatic carbocycles. The number of halogens is 1. The van der Waals surface area contributed by atoms with Crippen molar-refractivity contribution in [2.24, 2.45) is 0 Å². The van der Waals surface area contributed by atoms with Gasteiger partial charge in [-0.15, -0.1) is 0 Å². The Kier molecular flexibility index (Phi) is 4.56. The molecule has 2 N–H and O–H groups in total. The van der Waals surface area contributed by atoms with Crippen LogP contribution in [0.4, 0.5) is 0 Å². The Balaban J connectivity index is 1.73. The van der Waals surface area contributed by atoms with Gasteiger partial charge in [0.25, 0.3) is 0 Å². The molecule has 2 aliphatic rings. The second-order valence-electron chi connectivity index (χ2n) is 5.61. The monoisotopic (exact) mass is 371 g/mol. The standard InChI is InChI=1S/C15H18BrNO5/c16-11-6-13-12(21-9-22-13)5-10(11)8-17-15(7-14(18)19)1-3-20-4-2-15/h5-6,17H,1-4,7-9H2,(H,18,19). The third-order valence-electron chi connectivity index (χ3n) is 4.13. The van der Waals surface area contributed by atoms with Crippen LogP contribution < -0.4 is 14.8 Å². The SMILES string of the molecule is O=C(O)CC1(NCc2cc3c(cc2Br)OCO3)CCOCC1. The van der Waals surface area contributed by atoms with Crippen LogP contribution in [0.3, 0.4) is 0 Å². The summed E-state index contributed by atoms with van der Waals surface area (Å²) in [5.74, 6) is 0.653. The number of carboxylic acids is 1. The maximum atomic E-state index is 11.2. The van der Waals surface area contributed by atoms with E-state index in [1.807, 2.05) is 12.1 Å². The van der Waals surface area contributed by atoms with E-state index in [9.17, 15) is 9.90 Å². The lowest BCUT2D eigenvalue weighted by atomic mass is 9.86. The zero-order valence-electron chi connectivity index (χ0n) is 12.1. The summed E-state index contributed by atoms with van der Waals surface area (Å²) in [4.78, 5) is 11.2. The molecule has 1 fully saturated rings. The Morgan fingerprint density at radius 1 is 1.27 bits per heavy atom. The van der Waals surface area contributed by atoms with Crippen LogP contribution in [-0.2, 0) is 16.1 Å². The highest BCUT2D eigenvalue weighted by Crippen LogP contribution is 2.37. The zero-order valence-corrected chi connectivity index (χ0v) is 13.6. The van der Waals surface area contributed by atoms with Gasteiger partial charge < -0.3 is 24.6 Å². The van der Waals surface area contributed by atoms with E-state index in [1.54, 1.807) is 0 Å². The van der Waals surface area contributed by atoms with Crippen molar-refractivity contribution in [3.05, 3.63) is 22.2 Å². The Morgan fingerprint density at radius 3 is 2.64 bits per heavy atom. The van der Waals surface area contributed by atoms with E-state index in [-0.39, 0.29) is 13.2 Å². The van der Waals surface area contributed by atoms with E-state index in [2.05, 4.69) is 21.2 Å². The van der Waals surface area contributed by atoms with Crippen LogP contribution in [0.25, 0.3) is 0 Å². The fourth-order valence-electron chi connectivity index (χ4n) is 2.85. The molecule has 3 rings (SSSR count). The van der Waals surface area contributed by atoms with Gasteiger partial charge in [-0.1, -0.05) is 15.9 Å². The molecular formula is C15H18BrNO5. The molecule has 2 heterocycles. The van der Waals surface area contributed by atoms with Crippen molar-refractivity contribution in [3.63, 3.8) is 0 Å². The molecular weight excluding hydrogens is 354 g/mol. The van der Waals surface area contributed by atoms with Gasteiger partial charge in [-0.2, -0.15) is 0 Å². The minimum Gasteiger partial charge on any atom is -0.481 e. The molecule has 0 unspecified atom stereocenters. The summed E-state index contributed by atoms with van der Waals surface area (Å²) in [6.45, 7) is 1.97. The number of benzene rings is 1. The lowest BCUT2D eigenvalue weighted by molar-refractivity contribution is -0.139. The second-order valence-corrected chi connectivity index (χ2v) is 6.47. The number of carbonyl (C=O) groups is 1. The summed E-state index contributed by atoms with van der Waals surface area (Å²) in [6.07, 6.45) is 1.49. The highest BCUT2D eigenvalue weighted by atomic mass is 79.9. The molecule has 0 atom stereocenters. The average molecular weight is 372 g/mol. The molecule has 22 heavy (non-hydrogen) atoms. The summed E-state index contributed by atoms with van der Waals surface area (Å²) in [6, 6.07) is 3.81. The van der Waals surface area contributed by atoms with Gasteiger partial charge in [-0.25, -0.2) is 0 Å². The molecule has 6 nitrogen and oxygen atoms in total. The third kappa shape index (κ3) is 3.37. The molecule has 0 amide bonds. The van der Waals surface area contributed by atoms with Crippen LogP contribution >= 0.6 is 15.9 Å². The van der Waals surface area contributed by atoms with E-state index in [1.165, 1.54) is 0 Å². The molecule has 0 radical (unpaired) electrons. The topological polar surface area (TPSA) is 77.0 Å². The zero-order chi connectivity index (χ0) is 15.6. The van der Waals surface area contributed by atoms with Crippen LogP contribution in [0.15, 0.2) is 16.6 Å². The van der Waals surface area contributed by atoms with E-state index >= 15 is 0 Å². The van der Waals surface area contributed by atoms with Gasteiger partial charge in [0.2, 0.25) is 6.79 Å². The van der Waals surface area contributed by atoms with Crippen molar-refractivity contribution in [2.45, 2.75) is 31.3 Å². The van der Waals surface area contributed by atoms with E-state index in [0.29, 0.717) is 32.6 Å². The van der Waals surface area contributed by atoms with Crippen LogP contribution in [0.5, 0.6) is 11.5 Å². The summed E-state index contributed by atoms with van der Waals surface area (Å²) >= 11 is 3.53. The molecule has 7 heteroatoms. The Hall–Kier alpha value is -1.31. The van der Waals surface area contributed by atoms with Gasteiger partial charge in [0.1, 0.15) is 0 Å². The first-order chi connectivity index (χ1) is 10.6. The van der Waals surface area contributed by atoms with Crippen molar-refractivity contribution in [1.29, 1.82) is 0 Å². The number of hydrogen-bond donors (Lipinski definition) is 2. The molecule has 0 aromatic heterocycles. The Morgan fingerprint density at radius 2 is 1.95 bits per heavy atom. The average Bonchev–Trinajstić information content (AvgIpc) is 2.92. The van der Waals surface area contributed by atoms with Crippen molar-refractivity contribution in [2.75, 3.05) is 20.0 Å². The van der Waals surface area contributed by atoms with Crippen molar-refractivity contribution in [3.8, 4) is 11.5 Å². The lowest BCUT2D eigenvalue weighted by Gasteiger charge is -2.37. The van der Waals surface area contributed by atoms with Crippen LogP contribution in [0.2, 0.25) is 0 Å². The molecule has 0 saturated carbocycles. The van der Waals surface area contributed by atoms with Gasteiger partial charge in [0, 0.05) is 29.8 Å². The van der Waals surface area contributed by atoms with Crippen molar-refractivity contribution < 1.29 is 24.1 Å². The number of rotatable bonds is 5. The third-order valence-corrected chi connectivity index (χ3v) is 4.87. The summed E-state index contributed by atoms with van der Waals surface area (Å²) in [5, 5.41) is 12.6. The van der Waals surface area contributed by atoms with Gasteiger partial charge in [-0.3, -0.25) is 4.79 Å². The Bertz CT molecular complexity index is 571. The number of hydrogen-bond acceptors (Lipinski definition) is 5. The van der Waals surface area contributed by atoms with Crippen LogP contribution in [0, 0.1) is 0 Å². The summed E-state index contributed by atoms with van der Waals surface area (Å²) < 4.78 is 17.0. The molecule has 2 aliphatic heterocycles. The minimum absolute atomic E-state index is 0.0958. The number of fused-ring (bicyclic) bond motifs is 1. The van der Waals surface area contributed by atoms with Crippen LogP contribution in [-0.4, -0.2) is 36.6 Å². The van der Waals surface area contributed by atoms with Gasteiger partial charge in [0.15, 0.2) is 11.5 Å². The molecule has 1 aromatic rings. The molecule has 120 valence electrons. The smallest absolute Gasteiger partial charge is 0.305 e. The maximum absolute atomic E-state index is 11.2. The first-order valence-electron chi connectivity index (χ1n) is 7.21. The molecule has 0 aliphatic carbocycles. The van der Waals surface area contributed by atoms with E-state index < -0.39 is 11.5 Å². The maximum Gasteiger partial charge on any atom is 0.305 e. The van der Waals surface area contributed by atoms with Crippen molar-refractivity contribution in [1.82, 2.24) is 5.32 Å². The quantitative estimate of drug-likeness (QED) is 0.826. The first kappa shape index (κ1) is 15.6. The lowest BCUT2D eigenvalue weighted by Crippen LogP contribution is -2.50. The summed E-state index contributed by atoms with van der Waals surface area (Å²) in [7, 11) is 0. The predicted octanol–water partition coefficient (Wildman–Crippen LogP) is 2.29. The van der Waals surface area contributed by atoms with Gasteiger partial charge in [0.05, 0.1) is 6.42 Å². The minimum atomic E-state index is -0.792. The molecule has 0 spiro atoms. The van der Waals surface area contributed by atoms with Crippen molar-refractivity contribution >= 4 is 21.9 Å². The first-order valence-corrected chi connectivity index (χ1v) is 8.00. The summed E-state index contributed by atoms with van der Waals surface area (Å²) in [5.41, 5.74) is 0.598. The normalized spacial score (nSPS) is 19.1.